The zero-order valence-electron chi connectivity index (χ0n) is 21.7. The van der Waals surface area contributed by atoms with Gasteiger partial charge in [0.25, 0.3) is 0 Å². The summed E-state index contributed by atoms with van der Waals surface area (Å²) in [5, 5.41) is 10.8. The van der Waals surface area contributed by atoms with Gasteiger partial charge in [-0.3, -0.25) is 0 Å². The molecule has 1 N–H and O–H groups in total. The van der Waals surface area contributed by atoms with Crippen LogP contribution in [-0.4, -0.2) is 11.2 Å². The fraction of sp³-hybridized carbons (Fsp3) is 0.933. The Balaban J connectivity index is 1.39. The lowest BCUT2D eigenvalue weighted by Gasteiger charge is -2.63. The first kappa shape index (κ1) is 22.5. The van der Waals surface area contributed by atoms with Crippen molar-refractivity contribution >= 4 is 0 Å². The molecule has 1 heteroatoms. The van der Waals surface area contributed by atoms with Gasteiger partial charge in [0.05, 0.1) is 6.10 Å². The van der Waals surface area contributed by atoms with E-state index in [-0.39, 0.29) is 11.5 Å². The lowest BCUT2D eigenvalue weighted by Crippen LogP contribution is -2.57. The second-order valence-electron chi connectivity index (χ2n) is 14.4. The van der Waals surface area contributed by atoms with Gasteiger partial charge in [-0.15, -0.1) is 0 Å². The Hall–Kier alpha value is -0.300. The Labute approximate surface area is 192 Å². The standard InChI is InChI=1S/C30H50O/c1-20(2)9-8-10-21(3)22-13-15-28(7)24-12-11-23-26(4,5)25(31)14-16-29(23)19-30(24,29)18-17-27(22,28)6/h13,20-21,23-25,31H,8-12,14-19H2,1-7H3/t21-,23+,24+,25+,27-,28+,29-,30+/m1/s1. The number of aliphatic hydroxyl groups excluding tert-OH is 1. The first-order chi connectivity index (χ1) is 14.4. The molecule has 176 valence electrons. The van der Waals surface area contributed by atoms with E-state index in [1.807, 2.05) is 5.57 Å². The molecule has 4 saturated carbocycles. The van der Waals surface area contributed by atoms with Crippen LogP contribution in [0, 0.1) is 50.7 Å². The lowest BCUT2D eigenvalue weighted by atomic mass is 9.41. The molecular weight excluding hydrogens is 376 g/mol. The highest BCUT2D eigenvalue weighted by Crippen LogP contribution is 2.88. The summed E-state index contributed by atoms with van der Waals surface area (Å²) in [6.07, 6.45) is 17.6. The molecular formula is C30H50O. The highest BCUT2D eigenvalue weighted by Gasteiger charge is 2.81. The predicted octanol–water partition coefficient (Wildman–Crippen LogP) is 8.17. The van der Waals surface area contributed by atoms with Crippen molar-refractivity contribution in [1.82, 2.24) is 0 Å². The molecule has 0 radical (unpaired) electrons. The fourth-order valence-electron chi connectivity index (χ4n) is 10.6. The molecule has 0 aromatic heterocycles. The summed E-state index contributed by atoms with van der Waals surface area (Å²) in [6, 6.07) is 0. The summed E-state index contributed by atoms with van der Waals surface area (Å²) >= 11 is 0. The van der Waals surface area contributed by atoms with Crippen LogP contribution in [0.15, 0.2) is 11.6 Å². The van der Waals surface area contributed by atoms with Crippen molar-refractivity contribution in [2.75, 3.05) is 0 Å². The summed E-state index contributed by atoms with van der Waals surface area (Å²) in [5.41, 5.74) is 3.99. The van der Waals surface area contributed by atoms with Crippen molar-refractivity contribution in [2.24, 2.45) is 50.7 Å². The van der Waals surface area contributed by atoms with Crippen LogP contribution >= 0.6 is 0 Å². The van der Waals surface area contributed by atoms with Crippen molar-refractivity contribution in [2.45, 2.75) is 125 Å². The van der Waals surface area contributed by atoms with Crippen molar-refractivity contribution in [3.63, 3.8) is 0 Å². The Bertz CT molecular complexity index is 762. The quantitative estimate of drug-likeness (QED) is 0.439. The SMILES string of the molecule is CC(C)CCC[C@@H](C)C1=CC[C@@]2(C)[C@@H]3CC[C@H]4C(C)(C)[C@@H](O)CC[C@@]45C[C@@]35CC[C@]12C. The maximum Gasteiger partial charge on any atom is 0.0594 e. The van der Waals surface area contributed by atoms with Gasteiger partial charge in [-0.1, -0.05) is 73.0 Å². The van der Waals surface area contributed by atoms with E-state index >= 15 is 0 Å². The van der Waals surface area contributed by atoms with Crippen molar-refractivity contribution in [3.05, 3.63) is 11.6 Å². The van der Waals surface area contributed by atoms with Gasteiger partial charge in [-0.05, 0) is 109 Å². The molecule has 0 unspecified atom stereocenters. The average Bonchev–Trinajstić information content (AvgIpc) is 3.27. The van der Waals surface area contributed by atoms with Crippen LogP contribution in [0.3, 0.4) is 0 Å². The van der Waals surface area contributed by atoms with Gasteiger partial charge in [0.15, 0.2) is 0 Å². The number of fused-ring (bicyclic) bond motifs is 2. The molecule has 31 heavy (non-hydrogen) atoms. The van der Waals surface area contributed by atoms with E-state index in [1.54, 1.807) is 0 Å². The number of allylic oxidation sites excluding steroid dienone is 2. The highest BCUT2D eigenvalue weighted by molar-refractivity contribution is 5.37. The van der Waals surface area contributed by atoms with E-state index in [0.29, 0.717) is 21.7 Å². The number of aliphatic hydroxyl groups is 1. The van der Waals surface area contributed by atoms with Gasteiger partial charge in [-0.2, -0.15) is 0 Å². The van der Waals surface area contributed by atoms with Crippen molar-refractivity contribution < 1.29 is 5.11 Å². The van der Waals surface area contributed by atoms with Crippen LogP contribution in [0.25, 0.3) is 0 Å². The molecule has 5 rings (SSSR count). The molecule has 5 aliphatic rings. The van der Waals surface area contributed by atoms with E-state index in [4.69, 9.17) is 0 Å². The third-order valence-corrected chi connectivity index (χ3v) is 12.6. The molecule has 0 aromatic rings. The zero-order valence-corrected chi connectivity index (χ0v) is 21.7. The minimum atomic E-state index is -0.0896. The van der Waals surface area contributed by atoms with Crippen LogP contribution in [0.1, 0.15) is 119 Å². The first-order valence-electron chi connectivity index (χ1n) is 13.8. The largest absolute Gasteiger partial charge is 0.393 e. The van der Waals surface area contributed by atoms with E-state index in [2.05, 4.69) is 54.5 Å². The average molecular weight is 427 g/mol. The predicted molar refractivity (Wildman–Crippen MR) is 131 cm³/mol. The number of hydrogen-bond acceptors (Lipinski definition) is 1. The molecule has 4 fully saturated rings. The molecule has 0 aliphatic heterocycles. The van der Waals surface area contributed by atoms with Crippen LogP contribution < -0.4 is 0 Å². The van der Waals surface area contributed by atoms with E-state index in [9.17, 15) is 5.11 Å². The fourth-order valence-corrected chi connectivity index (χ4v) is 10.6. The lowest BCUT2D eigenvalue weighted by molar-refractivity contribution is -0.150. The van der Waals surface area contributed by atoms with Crippen LogP contribution in [0.2, 0.25) is 0 Å². The third-order valence-electron chi connectivity index (χ3n) is 12.6. The molecule has 0 aromatic carbocycles. The molecule has 8 atom stereocenters. The second kappa shape index (κ2) is 6.86. The van der Waals surface area contributed by atoms with Gasteiger partial charge in [-0.25, -0.2) is 0 Å². The minimum absolute atomic E-state index is 0.0896. The van der Waals surface area contributed by atoms with E-state index in [1.165, 1.54) is 64.2 Å². The molecule has 1 nitrogen and oxygen atoms in total. The normalized spacial score (nSPS) is 50.7. The Morgan fingerprint density at radius 2 is 1.58 bits per heavy atom. The Kier molecular flexibility index (Phi) is 4.98. The summed E-state index contributed by atoms with van der Waals surface area (Å²) in [6.45, 7) is 17.4. The molecule has 0 heterocycles. The van der Waals surface area contributed by atoms with Gasteiger partial charge in [0, 0.05) is 0 Å². The Morgan fingerprint density at radius 1 is 0.903 bits per heavy atom. The number of rotatable bonds is 5. The molecule has 0 bridgehead atoms. The third kappa shape index (κ3) is 2.71. The van der Waals surface area contributed by atoms with Crippen molar-refractivity contribution in [3.8, 4) is 0 Å². The Morgan fingerprint density at radius 3 is 2.29 bits per heavy atom. The smallest absolute Gasteiger partial charge is 0.0594 e. The van der Waals surface area contributed by atoms with Gasteiger partial charge < -0.3 is 5.11 Å². The number of hydrogen-bond donors (Lipinski definition) is 1. The zero-order chi connectivity index (χ0) is 22.4. The second-order valence-corrected chi connectivity index (χ2v) is 14.4. The van der Waals surface area contributed by atoms with Crippen LogP contribution in [-0.2, 0) is 0 Å². The summed E-state index contributed by atoms with van der Waals surface area (Å²) in [7, 11) is 0. The first-order valence-corrected chi connectivity index (χ1v) is 13.8. The van der Waals surface area contributed by atoms with E-state index in [0.717, 1.165) is 30.1 Å². The van der Waals surface area contributed by atoms with Gasteiger partial charge in [0.2, 0.25) is 0 Å². The topological polar surface area (TPSA) is 20.2 Å². The molecule has 0 saturated heterocycles. The van der Waals surface area contributed by atoms with Gasteiger partial charge >= 0.3 is 0 Å². The summed E-state index contributed by atoms with van der Waals surface area (Å²) < 4.78 is 0. The van der Waals surface area contributed by atoms with Gasteiger partial charge in [0.1, 0.15) is 0 Å². The minimum Gasteiger partial charge on any atom is -0.393 e. The summed E-state index contributed by atoms with van der Waals surface area (Å²) in [4.78, 5) is 0. The monoisotopic (exact) mass is 426 g/mol. The maximum atomic E-state index is 10.8. The maximum absolute atomic E-state index is 10.8. The van der Waals surface area contributed by atoms with Crippen LogP contribution in [0.4, 0.5) is 0 Å². The molecule has 2 spiro atoms. The molecule has 0 amide bonds. The highest BCUT2D eigenvalue weighted by atomic mass is 16.3. The molecule has 5 aliphatic carbocycles. The van der Waals surface area contributed by atoms with Crippen LogP contribution in [0.5, 0.6) is 0 Å². The van der Waals surface area contributed by atoms with E-state index < -0.39 is 0 Å². The summed E-state index contributed by atoms with van der Waals surface area (Å²) in [5.74, 6) is 3.24. The van der Waals surface area contributed by atoms with Crippen molar-refractivity contribution in [1.29, 1.82) is 0 Å².